The van der Waals surface area contributed by atoms with Crippen molar-refractivity contribution < 1.29 is 9.53 Å². The van der Waals surface area contributed by atoms with Crippen molar-refractivity contribution in [3.8, 4) is 0 Å². The van der Waals surface area contributed by atoms with Gasteiger partial charge in [0.2, 0.25) is 0 Å². The van der Waals surface area contributed by atoms with Crippen LogP contribution >= 0.6 is 0 Å². The largest absolute Gasteiger partial charge is 0.385 e. The van der Waals surface area contributed by atoms with E-state index in [0.29, 0.717) is 13.0 Å². The molecule has 1 unspecified atom stereocenters. The van der Waals surface area contributed by atoms with E-state index in [1.165, 1.54) is 18.5 Å². The summed E-state index contributed by atoms with van der Waals surface area (Å²) in [5, 5.41) is 2.73. The second-order valence-corrected chi connectivity index (χ2v) is 3.58. The van der Waals surface area contributed by atoms with Gasteiger partial charge in [0.15, 0.2) is 5.43 Å². The minimum Gasteiger partial charge on any atom is -0.385 e. The first-order valence-corrected chi connectivity index (χ1v) is 5.12. The zero-order valence-electron chi connectivity index (χ0n) is 9.45. The van der Waals surface area contributed by atoms with E-state index in [2.05, 4.69) is 10.3 Å². The minimum absolute atomic E-state index is 0.0212. The van der Waals surface area contributed by atoms with Gasteiger partial charge in [-0.25, -0.2) is 0 Å². The molecule has 0 aromatic carbocycles. The van der Waals surface area contributed by atoms with E-state index in [9.17, 15) is 9.59 Å². The van der Waals surface area contributed by atoms with Crippen molar-refractivity contribution in [1.82, 2.24) is 10.3 Å². The van der Waals surface area contributed by atoms with Crippen LogP contribution in [0, 0.1) is 0 Å². The lowest BCUT2D eigenvalue weighted by atomic mass is 10.2. The Morgan fingerprint density at radius 3 is 3.00 bits per heavy atom. The molecule has 0 radical (unpaired) electrons. The molecule has 1 amide bonds. The van der Waals surface area contributed by atoms with Crippen molar-refractivity contribution in [3.05, 3.63) is 34.2 Å². The predicted octanol–water partition coefficient (Wildman–Crippen LogP) is 0.530. The van der Waals surface area contributed by atoms with Crippen molar-refractivity contribution in [3.63, 3.8) is 0 Å². The molecular formula is C11H16N2O3. The van der Waals surface area contributed by atoms with E-state index >= 15 is 0 Å². The van der Waals surface area contributed by atoms with Crippen LogP contribution in [0.1, 0.15) is 23.7 Å². The molecule has 1 rings (SSSR count). The molecule has 5 nitrogen and oxygen atoms in total. The summed E-state index contributed by atoms with van der Waals surface area (Å²) in [6.45, 7) is 2.45. The fourth-order valence-electron chi connectivity index (χ4n) is 1.26. The van der Waals surface area contributed by atoms with E-state index in [1.807, 2.05) is 6.92 Å². The molecule has 0 saturated heterocycles. The molecule has 16 heavy (non-hydrogen) atoms. The molecule has 0 aliphatic heterocycles. The van der Waals surface area contributed by atoms with Crippen LogP contribution < -0.4 is 10.7 Å². The monoisotopic (exact) mass is 224 g/mol. The van der Waals surface area contributed by atoms with E-state index in [0.717, 1.165) is 0 Å². The zero-order chi connectivity index (χ0) is 12.0. The summed E-state index contributed by atoms with van der Waals surface area (Å²) in [6, 6.07) is 1.31. The second-order valence-electron chi connectivity index (χ2n) is 3.58. The quantitative estimate of drug-likeness (QED) is 0.766. The first-order valence-electron chi connectivity index (χ1n) is 5.12. The maximum absolute atomic E-state index is 11.7. The first kappa shape index (κ1) is 12.4. The molecule has 0 spiro atoms. The van der Waals surface area contributed by atoms with Gasteiger partial charge < -0.3 is 15.0 Å². The third-order valence-corrected chi connectivity index (χ3v) is 2.20. The molecule has 0 bridgehead atoms. The van der Waals surface area contributed by atoms with Crippen LogP contribution in [0.2, 0.25) is 0 Å². The molecule has 1 heterocycles. The van der Waals surface area contributed by atoms with Gasteiger partial charge in [-0.05, 0) is 13.3 Å². The number of nitrogens with one attached hydrogen (secondary N) is 2. The summed E-state index contributed by atoms with van der Waals surface area (Å²) in [6.07, 6.45) is 3.61. The van der Waals surface area contributed by atoms with Crippen LogP contribution in [0.25, 0.3) is 0 Å². The topological polar surface area (TPSA) is 71.2 Å². The second kappa shape index (κ2) is 6.07. The number of rotatable bonds is 5. The molecule has 88 valence electrons. The van der Waals surface area contributed by atoms with Gasteiger partial charge in [-0.1, -0.05) is 0 Å². The summed E-state index contributed by atoms with van der Waals surface area (Å²) < 4.78 is 4.90. The van der Waals surface area contributed by atoms with Crippen LogP contribution in [-0.4, -0.2) is 30.6 Å². The Morgan fingerprint density at radius 1 is 1.62 bits per heavy atom. The smallest absolute Gasteiger partial charge is 0.256 e. The number of carbonyl (C=O) groups excluding carboxylic acids is 1. The first-order chi connectivity index (χ1) is 7.65. The molecule has 0 saturated carbocycles. The Bertz CT molecular complexity index is 400. The van der Waals surface area contributed by atoms with Crippen LogP contribution in [-0.2, 0) is 4.74 Å². The van der Waals surface area contributed by atoms with Crippen molar-refractivity contribution in [1.29, 1.82) is 0 Å². The van der Waals surface area contributed by atoms with Gasteiger partial charge in [-0.15, -0.1) is 0 Å². The Morgan fingerprint density at radius 2 is 2.38 bits per heavy atom. The highest BCUT2D eigenvalue weighted by atomic mass is 16.5. The number of aromatic amines is 1. The molecule has 1 aromatic heterocycles. The Balaban J connectivity index is 2.59. The maximum atomic E-state index is 11.7. The number of amides is 1. The standard InChI is InChI=1S/C11H16N2O3/c1-8(4-6-16-2)13-11(15)9-7-12-5-3-10(9)14/h3,5,7-8H,4,6H2,1-2H3,(H,12,14)(H,13,15). The molecule has 0 aliphatic carbocycles. The fourth-order valence-corrected chi connectivity index (χ4v) is 1.26. The lowest BCUT2D eigenvalue weighted by molar-refractivity contribution is 0.0928. The highest BCUT2D eigenvalue weighted by Crippen LogP contribution is 1.94. The highest BCUT2D eigenvalue weighted by molar-refractivity contribution is 5.93. The molecule has 1 aromatic rings. The van der Waals surface area contributed by atoms with Crippen LogP contribution in [0.4, 0.5) is 0 Å². The van der Waals surface area contributed by atoms with Crippen molar-refractivity contribution in [2.45, 2.75) is 19.4 Å². The van der Waals surface area contributed by atoms with Crippen LogP contribution in [0.15, 0.2) is 23.3 Å². The lowest BCUT2D eigenvalue weighted by Crippen LogP contribution is -2.35. The lowest BCUT2D eigenvalue weighted by Gasteiger charge is -2.12. The zero-order valence-corrected chi connectivity index (χ0v) is 9.45. The van der Waals surface area contributed by atoms with Crippen molar-refractivity contribution in [2.24, 2.45) is 0 Å². The van der Waals surface area contributed by atoms with Gasteiger partial charge in [-0.2, -0.15) is 0 Å². The summed E-state index contributed by atoms with van der Waals surface area (Å²) >= 11 is 0. The van der Waals surface area contributed by atoms with Gasteiger partial charge in [0, 0.05) is 38.2 Å². The number of hydrogen-bond acceptors (Lipinski definition) is 3. The third-order valence-electron chi connectivity index (χ3n) is 2.20. The van der Waals surface area contributed by atoms with Crippen molar-refractivity contribution >= 4 is 5.91 Å². The summed E-state index contributed by atoms with van der Waals surface area (Å²) in [5.74, 6) is -0.356. The average Bonchev–Trinajstić information content (AvgIpc) is 2.26. The summed E-state index contributed by atoms with van der Waals surface area (Å²) in [4.78, 5) is 25.7. The molecule has 0 aliphatic rings. The number of ether oxygens (including phenoxy) is 1. The van der Waals surface area contributed by atoms with E-state index in [-0.39, 0.29) is 22.9 Å². The number of pyridine rings is 1. The normalized spacial score (nSPS) is 12.1. The Labute approximate surface area is 93.8 Å². The average molecular weight is 224 g/mol. The van der Waals surface area contributed by atoms with E-state index in [1.54, 1.807) is 7.11 Å². The Hall–Kier alpha value is -1.62. The minimum atomic E-state index is -0.356. The van der Waals surface area contributed by atoms with Crippen LogP contribution in [0.3, 0.4) is 0 Å². The highest BCUT2D eigenvalue weighted by Gasteiger charge is 2.11. The number of H-pyrrole nitrogens is 1. The SMILES string of the molecule is COCCC(C)NC(=O)c1c[nH]ccc1=O. The number of methoxy groups -OCH3 is 1. The van der Waals surface area contributed by atoms with Gasteiger partial charge in [0.05, 0.1) is 0 Å². The molecule has 5 heteroatoms. The third kappa shape index (κ3) is 3.51. The predicted molar refractivity (Wildman–Crippen MR) is 60.5 cm³/mol. The fraction of sp³-hybridized carbons (Fsp3) is 0.455. The van der Waals surface area contributed by atoms with Gasteiger partial charge >= 0.3 is 0 Å². The maximum Gasteiger partial charge on any atom is 0.256 e. The van der Waals surface area contributed by atoms with E-state index < -0.39 is 0 Å². The Kier molecular flexibility index (Phi) is 4.72. The summed E-state index contributed by atoms with van der Waals surface area (Å²) in [7, 11) is 1.61. The number of aromatic nitrogens is 1. The number of hydrogen-bond donors (Lipinski definition) is 2. The molecular weight excluding hydrogens is 208 g/mol. The molecule has 0 fully saturated rings. The number of carbonyl (C=O) groups is 1. The summed E-state index contributed by atoms with van der Waals surface area (Å²) in [5.41, 5.74) is -0.151. The molecule has 2 N–H and O–H groups in total. The van der Waals surface area contributed by atoms with Crippen LogP contribution in [0.5, 0.6) is 0 Å². The van der Waals surface area contributed by atoms with E-state index in [4.69, 9.17) is 4.74 Å². The van der Waals surface area contributed by atoms with Gasteiger partial charge in [-0.3, -0.25) is 9.59 Å². The van der Waals surface area contributed by atoms with Crippen molar-refractivity contribution in [2.75, 3.05) is 13.7 Å². The molecule has 1 atom stereocenters. The van der Waals surface area contributed by atoms with Gasteiger partial charge in [0.25, 0.3) is 5.91 Å². The van der Waals surface area contributed by atoms with Gasteiger partial charge in [0.1, 0.15) is 5.56 Å².